The molecule has 9 nitrogen and oxygen atoms in total. The van der Waals surface area contributed by atoms with E-state index in [1.165, 1.54) is 23.1 Å². The Morgan fingerprint density at radius 1 is 0.927 bits per heavy atom. The van der Waals surface area contributed by atoms with E-state index >= 15 is 0 Å². The zero-order chi connectivity index (χ0) is 29.5. The standard InChI is InChI=1S/C26H27Cl3F2N4O5S/c27-17-3-1-16(2-4-17)11-20-25(36)33(14-23(30)31)15-24-34(41(38,39)22-6-5-18(28)12-19(22)29)13-21(26(37)35(20)24)32-7-9-40-10-8-32/h1-6,12,20-21,23-24H,7-11,13-15H2. The third-order valence-electron chi connectivity index (χ3n) is 7.53. The van der Waals surface area contributed by atoms with Gasteiger partial charge >= 0.3 is 0 Å². The van der Waals surface area contributed by atoms with Crippen LogP contribution >= 0.6 is 34.8 Å². The highest BCUT2D eigenvalue weighted by Gasteiger charge is 2.55. The van der Waals surface area contributed by atoms with E-state index < -0.39 is 59.6 Å². The van der Waals surface area contributed by atoms with Gasteiger partial charge in [-0.05, 0) is 35.9 Å². The van der Waals surface area contributed by atoms with Crippen LogP contribution in [0.2, 0.25) is 15.1 Å². The molecule has 3 unspecified atom stereocenters. The maximum atomic E-state index is 14.2. The van der Waals surface area contributed by atoms with E-state index in [2.05, 4.69) is 0 Å². The molecule has 2 amide bonds. The molecule has 2 aromatic carbocycles. The van der Waals surface area contributed by atoms with Crippen LogP contribution in [0.3, 0.4) is 0 Å². The zero-order valence-electron chi connectivity index (χ0n) is 21.6. The summed E-state index contributed by atoms with van der Waals surface area (Å²) in [5.41, 5.74) is 0.627. The molecule has 5 rings (SSSR count). The van der Waals surface area contributed by atoms with Crippen LogP contribution in [-0.2, 0) is 30.8 Å². The highest BCUT2D eigenvalue weighted by Crippen LogP contribution is 2.36. The number of fused-ring (bicyclic) bond motifs is 1. The molecule has 2 aromatic rings. The first-order chi connectivity index (χ1) is 19.5. The molecule has 15 heteroatoms. The summed E-state index contributed by atoms with van der Waals surface area (Å²) in [6.45, 7) is -0.152. The second kappa shape index (κ2) is 12.3. The smallest absolute Gasteiger partial charge is 0.255 e. The summed E-state index contributed by atoms with van der Waals surface area (Å²) in [6.07, 6.45) is -4.13. The minimum Gasteiger partial charge on any atom is -0.379 e. The van der Waals surface area contributed by atoms with Crippen LogP contribution in [-0.4, -0.2) is 110 Å². The third-order valence-corrected chi connectivity index (χ3v) is 10.4. The summed E-state index contributed by atoms with van der Waals surface area (Å²) in [5.74, 6) is -1.14. The maximum absolute atomic E-state index is 14.2. The topological polar surface area (TPSA) is 90.5 Å². The van der Waals surface area contributed by atoms with E-state index in [4.69, 9.17) is 39.5 Å². The van der Waals surface area contributed by atoms with Crippen LogP contribution in [0, 0.1) is 0 Å². The highest BCUT2D eigenvalue weighted by atomic mass is 35.5. The number of hydrogen-bond acceptors (Lipinski definition) is 6. The van der Waals surface area contributed by atoms with Gasteiger partial charge in [0.1, 0.15) is 23.1 Å². The fourth-order valence-electron chi connectivity index (χ4n) is 5.58. The number of piperazine rings is 1. The SMILES string of the molecule is O=C1C(Cc2ccc(Cl)cc2)N2C(=O)C(N3CCOCC3)CN(S(=O)(=O)c3ccc(Cl)cc3Cl)C2CN1CC(F)F. The predicted molar refractivity (Wildman–Crippen MR) is 149 cm³/mol. The second-order valence-corrected chi connectivity index (χ2v) is 13.2. The molecule has 3 atom stereocenters. The molecule has 41 heavy (non-hydrogen) atoms. The Hall–Kier alpha value is -2.06. The molecular formula is C26H27Cl3F2N4O5S. The lowest BCUT2D eigenvalue weighted by Crippen LogP contribution is -2.76. The molecule has 3 aliphatic heterocycles. The van der Waals surface area contributed by atoms with Gasteiger partial charge in [0.2, 0.25) is 21.8 Å². The van der Waals surface area contributed by atoms with E-state index in [1.807, 2.05) is 4.90 Å². The molecule has 0 saturated carbocycles. The van der Waals surface area contributed by atoms with E-state index in [0.717, 1.165) is 9.21 Å². The Labute approximate surface area is 251 Å². The number of halogens is 5. The number of sulfonamides is 1. The minimum atomic E-state index is -4.40. The molecule has 0 spiro atoms. The summed E-state index contributed by atoms with van der Waals surface area (Å²) in [7, 11) is -4.40. The summed E-state index contributed by atoms with van der Waals surface area (Å²) < 4.78 is 62.1. The molecule has 3 heterocycles. The van der Waals surface area contributed by atoms with Crippen LogP contribution in [0.1, 0.15) is 5.56 Å². The van der Waals surface area contributed by atoms with Crippen molar-refractivity contribution in [2.75, 3.05) is 45.9 Å². The highest BCUT2D eigenvalue weighted by molar-refractivity contribution is 7.89. The van der Waals surface area contributed by atoms with Crippen molar-refractivity contribution in [2.24, 2.45) is 0 Å². The van der Waals surface area contributed by atoms with Crippen molar-refractivity contribution in [1.82, 2.24) is 19.0 Å². The van der Waals surface area contributed by atoms with Crippen LogP contribution in [0.5, 0.6) is 0 Å². The molecule has 3 aliphatic rings. The summed E-state index contributed by atoms with van der Waals surface area (Å²) in [6, 6.07) is 8.35. The second-order valence-electron chi connectivity index (χ2n) is 10.0. The number of nitrogens with zero attached hydrogens (tertiary/aromatic N) is 4. The number of carbonyl (C=O) groups is 2. The predicted octanol–water partition coefficient (Wildman–Crippen LogP) is 3.23. The molecule has 0 radical (unpaired) electrons. The van der Waals surface area contributed by atoms with Gasteiger partial charge in [0, 0.05) is 36.1 Å². The quantitative estimate of drug-likeness (QED) is 0.457. The van der Waals surface area contributed by atoms with Crippen molar-refractivity contribution >= 4 is 56.6 Å². The van der Waals surface area contributed by atoms with Crippen LogP contribution in [0.15, 0.2) is 47.4 Å². The van der Waals surface area contributed by atoms with Crippen molar-refractivity contribution in [3.63, 3.8) is 0 Å². The molecule has 222 valence electrons. The van der Waals surface area contributed by atoms with Gasteiger partial charge in [-0.2, -0.15) is 4.31 Å². The van der Waals surface area contributed by atoms with Crippen molar-refractivity contribution < 1.29 is 31.5 Å². The van der Waals surface area contributed by atoms with Gasteiger partial charge in [-0.25, -0.2) is 17.2 Å². The first-order valence-electron chi connectivity index (χ1n) is 12.9. The Kier molecular flexibility index (Phi) is 9.10. The first-order valence-corrected chi connectivity index (χ1v) is 15.5. The number of amides is 2. The van der Waals surface area contributed by atoms with Crippen LogP contribution in [0.25, 0.3) is 0 Å². The Morgan fingerprint density at radius 3 is 2.22 bits per heavy atom. The Balaban J connectivity index is 1.62. The average Bonchev–Trinajstić information content (AvgIpc) is 2.92. The van der Waals surface area contributed by atoms with Gasteiger partial charge < -0.3 is 14.5 Å². The molecule has 3 saturated heterocycles. The minimum absolute atomic E-state index is 0.0244. The lowest BCUT2D eigenvalue weighted by atomic mass is 9.96. The number of ether oxygens (including phenoxy) is 1. The van der Waals surface area contributed by atoms with Crippen LogP contribution in [0.4, 0.5) is 8.78 Å². The van der Waals surface area contributed by atoms with E-state index in [9.17, 15) is 26.8 Å². The number of benzene rings is 2. The summed E-state index contributed by atoms with van der Waals surface area (Å²) >= 11 is 18.3. The lowest BCUT2D eigenvalue weighted by molar-refractivity contribution is -0.173. The summed E-state index contributed by atoms with van der Waals surface area (Å²) in [4.78, 5) is 31.6. The molecule has 3 fully saturated rings. The van der Waals surface area contributed by atoms with Crippen molar-refractivity contribution in [3.8, 4) is 0 Å². The molecular weight excluding hydrogens is 625 g/mol. The van der Waals surface area contributed by atoms with Gasteiger partial charge in [0.25, 0.3) is 6.43 Å². The van der Waals surface area contributed by atoms with Gasteiger partial charge in [-0.3, -0.25) is 14.5 Å². The number of carbonyl (C=O) groups excluding carboxylic acids is 2. The lowest BCUT2D eigenvalue weighted by Gasteiger charge is -2.54. The molecule has 0 bridgehead atoms. The normalized spacial score (nSPS) is 24.7. The van der Waals surface area contributed by atoms with Crippen molar-refractivity contribution in [1.29, 1.82) is 0 Å². The average molecular weight is 652 g/mol. The fraction of sp³-hybridized carbons (Fsp3) is 0.462. The third kappa shape index (κ3) is 6.20. The van der Waals surface area contributed by atoms with Crippen molar-refractivity contribution in [2.45, 2.75) is 36.0 Å². The monoisotopic (exact) mass is 650 g/mol. The Bertz CT molecular complexity index is 1410. The van der Waals surface area contributed by atoms with E-state index in [1.54, 1.807) is 24.3 Å². The number of morpholine rings is 1. The molecule has 0 aromatic heterocycles. The maximum Gasteiger partial charge on any atom is 0.255 e. The molecule has 0 aliphatic carbocycles. The summed E-state index contributed by atoms with van der Waals surface area (Å²) in [5, 5.41) is 0.558. The Morgan fingerprint density at radius 2 is 1.59 bits per heavy atom. The number of hydrogen-bond donors (Lipinski definition) is 0. The van der Waals surface area contributed by atoms with E-state index in [0.29, 0.717) is 36.9 Å². The van der Waals surface area contributed by atoms with Gasteiger partial charge in [0.15, 0.2) is 0 Å². The molecule has 0 N–H and O–H groups in total. The zero-order valence-corrected chi connectivity index (χ0v) is 24.7. The number of rotatable bonds is 7. The van der Waals surface area contributed by atoms with E-state index in [-0.39, 0.29) is 27.9 Å². The van der Waals surface area contributed by atoms with Gasteiger partial charge in [0.05, 0.1) is 31.3 Å². The van der Waals surface area contributed by atoms with Crippen molar-refractivity contribution in [3.05, 3.63) is 63.1 Å². The van der Waals surface area contributed by atoms with Gasteiger partial charge in [-0.15, -0.1) is 0 Å². The van der Waals surface area contributed by atoms with Gasteiger partial charge in [-0.1, -0.05) is 46.9 Å². The first kappa shape index (κ1) is 30.4. The number of alkyl halides is 2. The fourth-order valence-corrected chi connectivity index (χ4v) is 8.03. The largest absolute Gasteiger partial charge is 0.379 e. The van der Waals surface area contributed by atoms with Crippen LogP contribution < -0.4 is 0 Å².